The molecule has 2 amide bonds. The minimum Gasteiger partial charge on any atom is -0.487 e. The van der Waals surface area contributed by atoms with E-state index < -0.39 is 0 Å². The Bertz CT molecular complexity index is 1970. The number of amides is 2. The molecule has 1 saturated heterocycles. The fourth-order valence-corrected chi connectivity index (χ4v) is 7.71. The highest BCUT2D eigenvalue weighted by molar-refractivity contribution is 7.17. The molecule has 0 spiro atoms. The number of hydrogen-bond acceptors (Lipinski definition) is 8. The van der Waals surface area contributed by atoms with Gasteiger partial charge in [0.15, 0.2) is 0 Å². The van der Waals surface area contributed by atoms with Gasteiger partial charge in [0.1, 0.15) is 18.2 Å². The first-order chi connectivity index (χ1) is 21.9. The molecule has 1 fully saturated rings. The molecule has 11 heteroatoms. The molecule has 3 aromatic heterocycles. The molecule has 9 nitrogen and oxygen atoms in total. The SMILES string of the molecule is Cc1nnc(-c2c(COc3ccc(F)cc3)nc3c(c2-c2ccc(C(=O)N[C@@H]4CCc5ccccc54)s2)C(=O)N2CCC[C@@H]32)o1. The second kappa shape index (κ2) is 10.9. The average molecular weight is 622 g/mol. The molecule has 1 N–H and O–H groups in total. The smallest absolute Gasteiger partial charge is 0.261 e. The highest BCUT2D eigenvalue weighted by Gasteiger charge is 2.45. The van der Waals surface area contributed by atoms with Crippen molar-refractivity contribution < 1.29 is 23.1 Å². The number of fused-ring (bicyclic) bond motifs is 4. The number of halogens is 1. The summed E-state index contributed by atoms with van der Waals surface area (Å²) in [4.78, 5) is 35.6. The maximum atomic E-state index is 13.9. The third-order valence-corrected chi connectivity index (χ3v) is 9.89. The predicted molar refractivity (Wildman–Crippen MR) is 164 cm³/mol. The minimum absolute atomic E-state index is 0.0173. The van der Waals surface area contributed by atoms with E-state index in [-0.39, 0.29) is 42.2 Å². The Hall–Kier alpha value is -4.90. The first-order valence-corrected chi connectivity index (χ1v) is 15.8. The molecule has 0 radical (unpaired) electrons. The van der Waals surface area contributed by atoms with Crippen molar-refractivity contribution in [2.24, 2.45) is 0 Å². The second-order valence-electron chi connectivity index (χ2n) is 11.5. The molecular formula is C34H28FN5O4S. The number of ether oxygens (including phenoxy) is 1. The van der Waals surface area contributed by atoms with Gasteiger partial charge in [-0.2, -0.15) is 0 Å². The summed E-state index contributed by atoms with van der Waals surface area (Å²) in [6.45, 7) is 2.36. The fourth-order valence-electron chi connectivity index (χ4n) is 6.74. The molecule has 1 aliphatic carbocycles. The first kappa shape index (κ1) is 27.6. The Morgan fingerprint density at radius 3 is 2.73 bits per heavy atom. The predicted octanol–water partition coefficient (Wildman–Crippen LogP) is 6.59. The summed E-state index contributed by atoms with van der Waals surface area (Å²) in [6, 6.07) is 17.4. The zero-order valence-electron chi connectivity index (χ0n) is 24.4. The zero-order chi connectivity index (χ0) is 30.7. The Balaban J connectivity index is 1.23. The molecule has 2 atom stereocenters. The molecule has 226 valence electrons. The van der Waals surface area contributed by atoms with Crippen molar-refractivity contribution in [3.05, 3.63) is 105 Å². The molecule has 5 heterocycles. The molecule has 0 unspecified atom stereocenters. The van der Waals surface area contributed by atoms with Gasteiger partial charge >= 0.3 is 0 Å². The van der Waals surface area contributed by atoms with E-state index in [1.807, 2.05) is 23.1 Å². The number of hydrogen-bond donors (Lipinski definition) is 1. The molecule has 3 aliphatic rings. The second-order valence-corrected chi connectivity index (χ2v) is 12.6. The van der Waals surface area contributed by atoms with Gasteiger partial charge in [-0.1, -0.05) is 24.3 Å². The van der Waals surface area contributed by atoms with Crippen LogP contribution in [0.3, 0.4) is 0 Å². The fraction of sp³-hybridized carbons (Fsp3) is 0.265. The Morgan fingerprint density at radius 2 is 1.91 bits per heavy atom. The summed E-state index contributed by atoms with van der Waals surface area (Å²) >= 11 is 1.31. The number of aromatic nitrogens is 3. The maximum Gasteiger partial charge on any atom is 0.261 e. The van der Waals surface area contributed by atoms with E-state index in [0.29, 0.717) is 56.0 Å². The maximum absolute atomic E-state index is 13.9. The molecule has 45 heavy (non-hydrogen) atoms. The van der Waals surface area contributed by atoms with E-state index in [1.165, 1.54) is 29.0 Å². The van der Waals surface area contributed by atoms with Crippen molar-refractivity contribution in [3.8, 4) is 27.6 Å². The normalized spacial score (nSPS) is 18.2. The van der Waals surface area contributed by atoms with E-state index >= 15 is 0 Å². The van der Waals surface area contributed by atoms with E-state index in [9.17, 15) is 14.0 Å². The molecule has 0 saturated carbocycles. The number of benzene rings is 2. The van der Waals surface area contributed by atoms with Gasteiger partial charge in [0.05, 0.1) is 39.5 Å². The van der Waals surface area contributed by atoms with E-state index in [0.717, 1.165) is 31.2 Å². The van der Waals surface area contributed by atoms with Gasteiger partial charge in [-0.05, 0) is 73.2 Å². The van der Waals surface area contributed by atoms with Crippen molar-refractivity contribution in [3.63, 3.8) is 0 Å². The Kier molecular flexibility index (Phi) is 6.71. The van der Waals surface area contributed by atoms with Crippen LogP contribution in [0.4, 0.5) is 4.39 Å². The van der Waals surface area contributed by atoms with Crippen LogP contribution in [0.15, 0.2) is 65.1 Å². The van der Waals surface area contributed by atoms with Crippen LogP contribution in [0.1, 0.15) is 79.8 Å². The molecule has 2 aliphatic heterocycles. The van der Waals surface area contributed by atoms with Crippen molar-refractivity contribution in [1.29, 1.82) is 0 Å². The van der Waals surface area contributed by atoms with Gasteiger partial charge in [0, 0.05) is 23.9 Å². The van der Waals surface area contributed by atoms with Crippen LogP contribution in [-0.4, -0.2) is 38.4 Å². The van der Waals surface area contributed by atoms with E-state index in [4.69, 9.17) is 14.1 Å². The molecule has 0 bridgehead atoms. The number of carbonyl (C=O) groups is 2. The number of nitrogens with one attached hydrogen (secondary N) is 1. The number of pyridine rings is 1. The van der Waals surface area contributed by atoms with E-state index in [1.54, 1.807) is 25.1 Å². The third-order valence-electron chi connectivity index (χ3n) is 8.79. The molecule has 2 aromatic carbocycles. The van der Waals surface area contributed by atoms with Crippen molar-refractivity contribution in [2.75, 3.05) is 6.54 Å². The van der Waals surface area contributed by atoms with Crippen LogP contribution in [-0.2, 0) is 13.0 Å². The van der Waals surface area contributed by atoms with Gasteiger partial charge in [0.2, 0.25) is 11.8 Å². The van der Waals surface area contributed by atoms with Crippen molar-refractivity contribution >= 4 is 23.2 Å². The third kappa shape index (κ3) is 4.78. The van der Waals surface area contributed by atoms with Crippen LogP contribution in [0.2, 0.25) is 0 Å². The molecule has 8 rings (SSSR count). The standard InChI is InChI=1S/C34H28FN5O4S/c1-18-38-39-33(44-18)28-24(17-43-21-11-9-20(35)10-12-21)36-31-25-7-4-16-40(25)34(42)30(31)29(28)26-14-15-27(45-26)32(41)37-23-13-8-19-5-2-3-6-22(19)23/h2-3,5-6,9-12,14-15,23,25H,4,7-8,13,16-17H2,1H3,(H,37,41)/t23-,25+/m1/s1. The van der Waals surface area contributed by atoms with Crippen LogP contribution >= 0.6 is 11.3 Å². The van der Waals surface area contributed by atoms with Gasteiger partial charge in [-0.3, -0.25) is 14.6 Å². The number of rotatable bonds is 7. The van der Waals surface area contributed by atoms with Gasteiger partial charge < -0.3 is 19.4 Å². The monoisotopic (exact) mass is 621 g/mol. The minimum atomic E-state index is -0.364. The average Bonchev–Trinajstić information content (AvgIpc) is 3.88. The highest BCUT2D eigenvalue weighted by atomic mass is 32.1. The lowest BCUT2D eigenvalue weighted by Crippen LogP contribution is -2.26. The molecule has 5 aromatic rings. The van der Waals surface area contributed by atoms with Crippen molar-refractivity contribution in [1.82, 2.24) is 25.4 Å². The Morgan fingerprint density at radius 1 is 1.07 bits per heavy atom. The highest BCUT2D eigenvalue weighted by Crippen LogP contribution is 2.49. The summed E-state index contributed by atoms with van der Waals surface area (Å²) in [5.41, 5.74) is 5.21. The lowest BCUT2D eigenvalue weighted by Gasteiger charge is -2.16. The van der Waals surface area contributed by atoms with Crippen LogP contribution in [0, 0.1) is 12.7 Å². The summed E-state index contributed by atoms with van der Waals surface area (Å²) in [5.74, 6) is 0.405. The lowest BCUT2D eigenvalue weighted by atomic mass is 9.95. The quantitative estimate of drug-likeness (QED) is 0.218. The van der Waals surface area contributed by atoms with Crippen LogP contribution in [0.25, 0.3) is 21.9 Å². The van der Waals surface area contributed by atoms with Crippen LogP contribution in [0.5, 0.6) is 5.75 Å². The number of nitrogens with zero attached hydrogens (tertiary/aromatic N) is 4. The first-order valence-electron chi connectivity index (χ1n) is 15.0. The summed E-state index contributed by atoms with van der Waals surface area (Å²) < 4.78 is 25.6. The lowest BCUT2D eigenvalue weighted by molar-refractivity contribution is 0.0776. The topological polar surface area (TPSA) is 110 Å². The van der Waals surface area contributed by atoms with Crippen molar-refractivity contribution in [2.45, 2.75) is 51.3 Å². The summed E-state index contributed by atoms with van der Waals surface area (Å²) in [7, 11) is 0. The summed E-state index contributed by atoms with van der Waals surface area (Å²) in [6.07, 6.45) is 3.48. The molecular weight excluding hydrogens is 593 g/mol. The zero-order valence-corrected chi connectivity index (χ0v) is 25.2. The number of thiophene rings is 1. The Labute approximate surface area is 262 Å². The number of carbonyl (C=O) groups excluding carboxylic acids is 2. The van der Waals surface area contributed by atoms with E-state index in [2.05, 4.69) is 27.6 Å². The largest absolute Gasteiger partial charge is 0.487 e. The number of aryl methyl sites for hydroxylation is 2. The van der Waals surface area contributed by atoms with Gasteiger partial charge in [0.25, 0.3) is 11.8 Å². The van der Waals surface area contributed by atoms with Gasteiger partial charge in [-0.25, -0.2) is 4.39 Å². The van der Waals surface area contributed by atoms with Crippen LogP contribution < -0.4 is 10.1 Å². The summed E-state index contributed by atoms with van der Waals surface area (Å²) in [5, 5.41) is 11.6. The van der Waals surface area contributed by atoms with Gasteiger partial charge in [-0.15, -0.1) is 21.5 Å².